The fraction of sp³-hybridized carbons (Fsp3) is 0.222. The summed E-state index contributed by atoms with van der Waals surface area (Å²) in [6.45, 7) is 0.180. The maximum absolute atomic E-state index is 10.1. The molecule has 1 aromatic rings. The van der Waals surface area contributed by atoms with Gasteiger partial charge in [0.2, 0.25) is 0 Å². The fourth-order valence-corrected chi connectivity index (χ4v) is 0.820. The number of hydrogen-bond donors (Lipinski definition) is 2. The maximum Gasteiger partial charge on any atom is 0.306 e. The Balaban J connectivity index is 2.37. The molecule has 0 unspecified atom stereocenters. The van der Waals surface area contributed by atoms with Crippen molar-refractivity contribution in [2.75, 3.05) is 12.3 Å². The maximum atomic E-state index is 10.1. The van der Waals surface area contributed by atoms with Gasteiger partial charge in [-0.15, -0.1) is 0 Å². The van der Waals surface area contributed by atoms with Crippen LogP contribution < -0.4 is 10.5 Å². The molecule has 0 radical (unpaired) electrons. The highest BCUT2D eigenvalue weighted by atomic mass is 16.5. The van der Waals surface area contributed by atoms with Crippen molar-refractivity contribution in [3.63, 3.8) is 0 Å². The molecule has 0 atom stereocenters. The first-order chi connectivity index (χ1) is 6.18. The Kier molecular flexibility index (Phi) is 3.14. The minimum absolute atomic E-state index is 0.00434. The molecule has 0 aliphatic heterocycles. The number of hydrogen-bond acceptors (Lipinski definition) is 3. The molecule has 3 N–H and O–H groups in total. The van der Waals surface area contributed by atoms with Crippen LogP contribution in [0.5, 0.6) is 5.75 Å². The lowest BCUT2D eigenvalue weighted by atomic mass is 10.3. The molecule has 0 saturated heterocycles. The van der Waals surface area contributed by atoms with Gasteiger partial charge in [0.15, 0.2) is 0 Å². The van der Waals surface area contributed by atoms with E-state index >= 15 is 0 Å². The Morgan fingerprint density at radius 2 is 2.00 bits per heavy atom. The van der Waals surface area contributed by atoms with Gasteiger partial charge in [0, 0.05) is 5.69 Å². The van der Waals surface area contributed by atoms with Crippen molar-refractivity contribution < 1.29 is 14.6 Å². The molecule has 0 amide bonds. The van der Waals surface area contributed by atoms with Crippen molar-refractivity contribution in [2.24, 2.45) is 0 Å². The van der Waals surface area contributed by atoms with E-state index < -0.39 is 5.97 Å². The van der Waals surface area contributed by atoms with Gasteiger partial charge in [-0.25, -0.2) is 0 Å². The highest BCUT2D eigenvalue weighted by molar-refractivity contribution is 5.66. The summed E-state index contributed by atoms with van der Waals surface area (Å²) in [7, 11) is 0. The van der Waals surface area contributed by atoms with E-state index in [0.29, 0.717) is 11.4 Å². The summed E-state index contributed by atoms with van der Waals surface area (Å²) < 4.78 is 5.14. The molecule has 0 aliphatic rings. The zero-order valence-electron chi connectivity index (χ0n) is 7.06. The van der Waals surface area contributed by atoms with Crippen LogP contribution in [0.4, 0.5) is 5.69 Å². The fourth-order valence-electron chi connectivity index (χ4n) is 0.820. The number of anilines is 1. The molecular formula is C9H11NO3. The third-order valence-corrected chi connectivity index (χ3v) is 1.46. The predicted octanol–water partition coefficient (Wildman–Crippen LogP) is 1.12. The molecule has 0 bridgehead atoms. The number of carboxylic acids is 1. The summed E-state index contributed by atoms with van der Waals surface area (Å²) in [6, 6.07) is 6.82. The number of aliphatic carboxylic acids is 1. The SMILES string of the molecule is Nc1ccc(OCCC(=O)O)cc1. The van der Waals surface area contributed by atoms with E-state index in [9.17, 15) is 4.79 Å². The van der Waals surface area contributed by atoms with Crippen molar-refractivity contribution in [1.29, 1.82) is 0 Å². The van der Waals surface area contributed by atoms with Crippen LogP contribution in [0.2, 0.25) is 0 Å². The molecule has 1 rings (SSSR count). The van der Waals surface area contributed by atoms with Gasteiger partial charge in [0.05, 0.1) is 13.0 Å². The number of benzene rings is 1. The largest absolute Gasteiger partial charge is 0.493 e. The van der Waals surface area contributed by atoms with Crippen molar-refractivity contribution in [3.8, 4) is 5.75 Å². The molecule has 0 aliphatic carbocycles. The molecule has 0 spiro atoms. The van der Waals surface area contributed by atoms with Crippen LogP contribution in [-0.2, 0) is 4.79 Å². The van der Waals surface area contributed by atoms with Crippen LogP contribution in [0, 0.1) is 0 Å². The van der Waals surface area contributed by atoms with Crippen LogP contribution in [0.3, 0.4) is 0 Å². The minimum atomic E-state index is -0.865. The van der Waals surface area contributed by atoms with Crippen LogP contribution in [0.15, 0.2) is 24.3 Å². The van der Waals surface area contributed by atoms with Gasteiger partial charge in [0.1, 0.15) is 5.75 Å². The Bertz CT molecular complexity index is 281. The molecule has 0 fully saturated rings. The normalized spacial score (nSPS) is 9.54. The van der Waals surface area contributed by atoms with E-state index in [1.54, 1.807) is 24.3 Å². The van der Waals surface area contributed by atoms with Crippen molar-refractivity contribution >= 4 is 11.7 Å². The zero-order valence-corrected chi connectivity index (χ0v) is 7.06. The molecule has 0 aromatic heterocycles. The summed E-state index contributed by atoms with van der Waals surface area (Å²) >= 11 is 0. The smallest absolute Gasteiger partial charge is 0.306 e. The Morgan fingerprint density at radius 1 is 1.38 bits per heavy atom. The Morgan fingerprint density at radius 3 is 2.54 bits per heavy atom. The topological polar surface area (TPSA) is 72.5 Å². The van der Waals surface area contributed by atoms with E-state index in [1.807, 2.05) is 0 Å². The van der Waals surface area contributed by atoms with Gasteiger partial charge in [-0.05, 0) is 24.3 Å². The summed E-state index contributed by atoms with van der Waals surface area (Å²) in [5.41, 5.74) is 6.11. The highest BCUT2D eigenvalue weighted by Gasteiger charge is 1.97. The molecule has 70 valence electrons. The molecule has 13 heavy (non-hydrogen) atoms. The van der Waals surface area contributed by atoms with Gasteiger partial charge in [0.25, 0.3) is 0 Å². The molecule has 1 aromatic carbocycles. The molecular weight excluding hydrogens is 170 g/mol. The highest BCUT2D eigenvalue weighted by Crippen LogP contribution is 2.12. The Hall–Kier alpha value is -1.71. The second kappa shape index (κ2) is 4.35. The Labute approximate surface area is 75.9 Å². The second-order valence-corrected chi connectivity index (χ2v) is 2.56. The first-order valence-corrected chi connectivity index (χ1v) is 3.88. The number of nitrogens with two attached hydrogens (primary N) is 1. The van der Waals surface area contributed by atoms with Crippen LogP contribution in [0.1, 0.15) is 6.42 Å². The number of carboxylic acid groups (broad SMARTS) is 1. The van der Waals surface area contributed by atoms with E-state index in [-0.39, 0.29) is 13.0 Å². The van der Waals surface area contributed by atoms with Crippen molar-refractivity contribution in [3.05, 3.63) is 24.3 Å². The number of rotatable bonds is 4. The first-order valence-electron chi connectivity index (χ1n) is 3.88. The predicted molar refractivity (Wildman–Crippen MR) is 48.6 cm³/mol. The van der Waals surface area contributed by atoms with Gasteiger partial charge >= 0.3 is 5.97 Å². The van der Waals surface area contributed by atoms with Crippen LogP contribution >= 0.6 is 0 Å². The second-order valence-electron chi connectivity index (χ2n) is 2.56. The van der Waals surface area contributed by atoms with Gasteiger partial charge < -0.3 is 15.6 Å². The summed E-state index contributed by atoms with van der Waals surface area (Å²) in [5.74, 6) is -0.231. The first kappa shape index (κ1) is 9.38. The molecule has 4 nitrogen and oxygen atoms in total. The average molecular weight is 181 g/mol. The van der Waals surface area contributed by atoms with Crippen molar-refractivity contribution in [2.45, 2.75) is 6.42 Å². The van der Waals surface area contributed by atoms with Gasteiger partial charge in [-0.2, -0.15) is 0 Å². The monoisotopic (exact) mass is 181 g/mol. The molecule has 0 saturated carbocycles. The number of carbonyl (C=O) groups is 1. The number of ether oxygens (including phenoxy) is 1. The average Bonchev–Trinajstić information content (AvgIpc) is 2.08. The standard InChI is InChI=1S/C9H11NO3/c10-7-1-3-8(4-2-7)13-6-5-9(11)12/h1-4H,5-6,10H2,(H,11,12). The summed E-state index contributed by atoms with van der Waals surface area (Å²) in [4.78, 5) is 10.1. The van der Waals surface area contributed by atoms with Crippen LogP contribution in [-0.4, -0.2) is 17.7 Å². The lowest BCUT2D eigenvalue weighted by Crippen LogP contribution is -2.04. The van der Waals surface area contributed by atoms with E-state index in [0.717, 1.165) is 0 Å². The van der Waals surface area contributed by atoms with Crippen molar-refractivity contribution in [1.82, 2.24) is 0 Å². The van der Waals surface area contributed by atoms with Crippen LogP contribution in [0.25, 0.3) is 0 Å². The zero-order chi connectivity index (χ0) is 9.68. The van der Waals surface area contributed by atoms with Gasteiger partial charge in [-0.3, -0.25) is 4.79 Å². The lowest BCUT2D eigenvalue weighted by molar-refractivity contribution is -0.137. The minimum Gasteiger partial charge on any atom is -0.493 e. The third-order valence-electron chi connectivity index (χ3n) is 1.46. The van der Waals surface area contributed by atoms with Gasteiger partial charge in [-0.1, -0.05) is 0 Å². The van der Waals surface area contributed by atoms with E-state index in [2.05, 4.69) is 0 Å². The van der Waals surface area contributed by atoms with E-state index in [1.165, 1.54) is 0 Å². The molecule has 4 heteroatoms. The summed E-state index contributed by atoms with van der Waals surface area (Å²) in [6.07, 6.45) is 0.00434. The third kappa shape index (κ3) is 3.46. The van der Waals surface area contributed by atoms with E-state index in [4.69, 9.17) is 15.6 Å². The molecule has 0 heterocycles. The summed E-state index contributed by atoms with van der Waals surface area (Å²) in [5, 5.41) is 8.34. The number of nitrogen functional groups attached to an aromatic ring is 1. The quantitative estimate of drug-likeness (QED) is 0.683. The lowest BCUT2D eigenvalue weighted by Gasteiger charge is -2.03.